The van der Waals surface area contributed by atoms with E-state index in [2.05, 4.69) is 21.5 Å². The summed E-state index contributed by atoms with van der Waals surface area (Å²) in [4.78, 5) is 59.2. The van der Waals surface area contributed by atoms with Crippen LogP contribution >= 0.6 is 0 Å². The van der Waals surface area contributed by atoms with Gasteiger partial charge in [0.25, 0.3) is 0 Å². The summed E-state index contributed by atoms with van der Waals surface area (Å²) in [6, 6.07) is 4.30. The molecular formula is C32H46N4O6. The summed E-state index contributed by atoms with van der Waals surface area (Å²) < 4.78 is 12.8. The first-order valence-corrected chi connectivity index (χ1v) is 15.1. The van der Waals surface area contributed by atoms with Crippen molar-refractivity contribution in [2.24, 2.45) is 5.41 Å². The lowest BCUT2D eigenvalue weighted by atomic mass is 9.76. The lowest BCUT2D eigenvalue weighted by Gasteiger charge is -2.35. The van der Waals surface area contributed by atoms with Gasteiger partial charge in [-0.15, -0.1) is 0 Å². The van der Waals surface area contributed by atoms with Crippen LogP contribution < -0.4 is 0 Å². The van der Waals surface area contributed by atoms with Crippen LogP contribution in [0.5, 0.6) is 0 Å². The van der Waals surface area contributed by atoms with E-state index in [-0.39, 0.29) is 49.3 Å². The largest absolute Gasteiger partial charge is 0.462 e. The number of imidazole rings is 1. The van der Waals surface area contributed by atoms with Crippen molar-refractivity contribution in [2.75, 3.05) is 19.8 Å². The van der Waals surface area contributed by atoms with Crippen molar-refractivity contribution in [2.45, 2.75) is 103 Å². The van der Waals surface area contributed by atoms with Crippen LogP contribution in [-0.2, 0) is 28.7 Å². The van der Waals surface area contributed by atoms with E-state index in [4.69, 9.17) is 9.47 Å². The maximum absolute atomic E-state index is 13.6. The average Bonchev–Trinajstić information content (AvgIpc) is 3.65. The Balaban J connectivity index is 1.72. The molecule has 4 atom stereocenters. The van der Waals surface area contributed by atoms with Crippen molar-refractivity contribution in [3.05, 3.63) is 48.8 Å². The molecule has 42 heavy (non-hydrogen) atoms. The molecule has 230 valence electrons. The van der Waals surface area contributed by atoms with E-state index in [9.17, 15) is 19.2 Å². The van der Waals surface area contributed by atoms with Crippen molar-refractivity contribution >= 4 is 23.6 Å². The standard InChI is InChI=1S/C32H46N4O6/c1-5-28(35-18-16-34-23-35)9-8-26(27-11-14-33-15-12-27)10-13-32(4,22-24(2)36-17-6-7-29(36)38)31(40)42-20-19-41-30(39)21-25(3)37/h11-12,14-16,18,23-24,26,28H,5-10,13,17,19-22H2,1-4H3. The highest BCUT2D eigenvalue weighted by Crippen LogP contribution is 2.39. The molecule has 1 amide bonds. The van der Waals surface area contributed by atoms with Gasteiger partial charge in [-0.1, -0.05) is 6.92 Å². The highest BCUT2D eigenvalue weighted by atomic mass is 16.6. The number of likely N-dealkylation sites (tertiary alicyclic amines) is 1. The molecule has 1 fully saturated rings. The first kappa shape index (κ1) is 32.9. The second-order valence-electron chi connectivity index (χ2n) is 11.7. The molecule has 0 bridgehead atoms. The van der Waals surface area contributed by atoms with Gasteiger partial charge in [0.05, 0.1) is 11.7 Å². The minimum atomic E-state index is -0.856. The van der Waals surface area contributed by atoms with Crippen LogP contribution in [0.4, 0.5) is 0 Å². The van der Waals surface area contributed by atoms with Gasteiger partial charge < -0.3 is 18.9 Å². The summed E-state index contributed by atoms with van der Waals surface area (Å²) in [6.07, 6.45) is 15.0. The van der Waals surface area contributed by atoms with Crippen molar-refractivity contribution in [1.29, 1.82) is 0 Å². The maximum Gasteiger partial charge on any atom is 0.313 e. The summed E-state index contributed by atoms with van der Waals surface area (Å²) in [5, 5.41) is 0. The van der Waals surface area contributed by atoms with Crippen LogP contribution in [0.15, 0.2) is 43.2 Å². The van der Waals surface area contributed by atoms with Gasteiger partial charge in [0, 0.05) is 49.8 Å². The highest BCUT2D eigenvalue weighted by Gasteiger charge is 2.39. The lowest BCUT2D eigenvalue weighted by molar-refractivity contribution is -0.162. The number of ether oxygens (including phenoxy) is 2. The van der Waals surface area contributed by atoms with E-state index in [1.54, 1.807) is 18.6 Å². The van der Waals surface area contributed by atoms with Crippen molar-refractivity contribution in [3.8, 4) is 0 Å². The summed E-state index contributed by atoms with van der Waals surface area (Å²) in [5.74, 6) is -0.968. The van der Waals surface area contributed by atoms with Gasteiger partial charge in [0.15, 0.2) is 0 Å². The number of rotatable bonds is 18. The Bertz CT molecular complexity index is 1160. The zero-order valence-electron chi connectivity index (χ0n) is 25.5. The van der Waals surface area contributed by atoms with Crippen LogP contribution in [-0.4, -0.2) is 68.9 Å². The van der Waals surface area contributed by atoms with Crippen molar-refractivity contribution in [1.82, 2.24) is 19.4 Å². The smallest absolute Gasteiger partial charge is 0.313 e. The molecule has 0 aromatic carbocycles. The monoisotopic (exact) mass is 582 g/mol. The van der Waals surface area contributed by atoms with Gasteiger partial charge in [-0.3, -0.25) is 24.2 Å². The van der Waals surface area contributed by atoms with Gasteiger partial charge in [-0.25, -0.2) is 4.98 Å². The Morgan fingerprint density at radius 1 is 1.05 bits per heavy atom. The molecule has 10 nitrogen and oxygen atoms in total. The molecule has 2 aromatic rings. The second kappa shape index (κ2) is 16.2. The van der Waals surface area contributed by atoms with Gasteiger partial charge in [0.2, 0.25) is 5.91 Å². The second-order valence-corrected chi connectivity index (χ2v) is 11.7. The number of ketones is 1. The molecule has 0 N–H and O–H groups in total. The third-order valence-corrected chi connectivity index (χ3v) is 8.34. The van der Waals surface area contributed by atoms with Gasteiger partial charge in [-0.2, -0.15) is 0 Å². The molecular weight excluding hydrogens is 536 g/mol. The Morgan fingerprint density at radius 3 is 2.40 bits per heavy atom. The number of carbonyl (C=O) groups is 4. The fourth-order valence-corrected chi connectivity index (χ4v) is 5.95. The highest BCUT2D eigenvalue weighted by molar-refractivity contribution is 5.94. The van der Waals surface area contributed by atoms with Crippen LogP contribution in [0.25, 0.3) is 0 Å². The van der Waals surface area contributed by atoms with E-state index >= 15 is 0 Å². The number of carbonyl (C=O) groups excluding carboxylic acids is 4. The fraction of sp³-hybridized carbons (Fsp3) is 0.625. The number of esters is 2. The fourth-order valence-electron chi connectivity index (χ4n) is 5.95. The van der Waals surface area contributed by atoms with Crippen molar-refractivity contribution < 1.29 is 28.7 Å². The Kier molecular flexibility index (Phi) is 12.7. The predicted octanol–water partition coefficient (Wildman–Crippen LogP) is 5.05. The third-order valence-electron chi connectivity index (χ3n) is 8.34. The molecule has 1 aliphatic heterocycles. The number of Topliss-reactive ketones (excluding diaryl/α,β-unsaturated/α-hetero) is 1. The summed E-state index contributed by atoms with van der Waals surface area (Å²) in [5.41, 5.74) is 0.326. The SMILES string of the molecule is CCC(CCC(CCC(C)(CC(C)N1CCCC1=O)C(=O)OCCOC(=O)CC(C)=O)c1ccncc1)n1ccnc1. The van der Waals surface area contributed by atoms with E-state index in [1.807, 2.05) is 43.4 Å². The Labute approximate surface area is 249 Å². The summed E-state index contributed by atoms with van der Waals surface area (Å²) in [7, 11) is 0. The Hall–Kier alpha value is -3.56. The average molecular weight is 583 g/mol. The molecule has 1 aliphatic rings. The zero-order chi connectivity index (χ0) is 30.5. The van der Waals surface area contributed by atoms with Crippen LogP contribution in [0.1, 0.15) is 103 Å². The molecule has 2 aromatic heterocycles. The summed E-state index contributed by atoms with van der Waals surface area (Å²) >= 11 is 0. The predicted molar refractivity (Wildman–Crippen MR) is 157 cm³/mol. The third kappa shape index (κ3) is 9.77. The van der Waals surface area contributed by atoms with E-state index in [0.29, 0.717) is 31.8 Å². The van der Waals surface area contributed by atoms with E-state index in [1.165, 1.54) is 12.5 Å². The van der Waals surface area contributed by atoms with E-state index < -0.39 is 11.4 Å². The molecule has 0 aliphatic carbocycles. The van der Waals surface area contributed by atoms with Crippen LogP contribution in [0.2, 0.25) is 0 Å². The molecule has 3 rings (SSSR count). The minimum Gasteiger partial charge on any atom is -0.462 e. The first-order chi connectivity index (χ1) is 20.1. The zero-order valence-corrected chi connectivity index (χ0v) is 25.5. The molecule has 1 saturated heterocycles. The molecule has 0 saturated carbocycles. The quantitative estimate of drug-likeness (QED) is 0.136. The molecule has 3 heterocycles. The number of hydrogen-bond donors (Lipinski definition) is 0. The molecule has 0 spiro atoms. The number of nitrogens with zero attached hydrogens (tertiary/aromatic N) is 4. The van der Waals surface area contributed by atoms with Gasteiger partial charge >= 0.3 is 11.9 Å². The number of pyridine rings is 1. The summed E-state index contributed by atoms with van der Waals surface area (Å²) in [6.45, 7) is 7.90. The Morgan fingerprint density at radius 2 is 1.79 bits per heavy atom. The van der Waals surface area contributed by atoms with Crippen LogP contribution in [0, 0.1) is 5.41 Å². The topological polar surface area (TPSA) is 121 Å². The number of hydrogen-bond acceptors (Lipinski definition) is 8. The normalized spacial score (nSPS) is 16.9. The number of aromatic nitrogens is 3. The van der Waals surface area contributed by atoms with E-state index in [0.717, 1.165) is 32.1 Å². The molecule has 10 heteroatoms. The first-order valence-electron chi connectivity index (χ1n) is 15.1. The lowest BCUT2D eigenvalue weighted by Crippen LogP contribution is -2.41. The number of amides is 1. The maximum atomic E-state index is 13.6. The minimum absolute atomic E-state index is 0.0913. The van der Waals surface area contributed by atoms with Crippen molar-refractivity contribution in [3.63, 3.8) is 0 Å². The molecule has 4 unspecified atom stereocenters. The molecule has 0 radical (unpaired) electrons. The van der Waals surface area contributed by atoms with Gasteiger partial charge in [0.1, 0.15) is 25.4 Å². The van der Waals surface area contributed by atoms with Gasteiger partial charge in [-0.05, 0) is 89.3 Å². The van der Waals surface area contributed by atoms with Crippen LogP contribution in [0.3, 0.4) is 0 Å².